The summed E-state index contributed by atoms with van der Waals surface area (Å²) in [5, 5.41) is 3.47. The van der Waals surface area contributed by atoms with Crippen molar-refractivity contribution in [3.05, 3.63) is 57.8 Å². The number of nitrogens with one attached hydrogen (secondary N) is 2. The summed E-state index contributed by atoms with van der Waals surface area (Å²) in [5.41, 5.74) is 4.24. The Hall–Kier alpha value is -2.89. The normalized spacial score (nSPS) is 11.0. The highest BCUT2D eigenvalue weighted by Crippen LogP contribution is 2.22. The van der Waals surface area contributed by atoms with E-state index in [0.717, 1.165) is 35.3 Å². The molecule has 1 amide bonds. The molecule has 0 unspecified atom stereocenters. The molecule has 0 aliphatic carbocycles. The summed E-state index contributed by atoms with van der Waals surface area (Å²) >= 11 is 0. The quantitative estimate of drug-likeness (QED) is 0.751. The molecule has 0 aliphatic rings. The SMILES string of the molecule is CCc1cccc(CC)c1NC(=O)Cn1cnc2[nH]c(C)cc2c1=O. The number of carbonyl (C=O) groups excluding carboxylic acids is 1. The Morgan fingerprint density at radius 2 is 1.92 bits per heavy atom. The molecule has 130 valence electrons. The van der Waals surface area contributed by atoms with Gasteiger partial charge in [-0.2, -0.15) is 0 Å². The molecule has 2 heterocycles. The lowest BCUT2D eigenvalue weighted by Crippen LogP contribution is -2.28. The van der Waals surface area contributed by atoms with Crippen LogP contribution < -0.4 is 10.9 Å². The third kappa shape index (κ3) is 3.33. The van der Waals surface area contributed by atoms with Crippen LogP contribution in [0.4, 0.5) is 5.69 Å². The summed E-state index contributed by atoms with van der Waals surface area (Å²) in [7, 11) is 0. The van der Waals surface area contributed by atoms with Crippen molar-refractivity contribution in [1.29, 1.82) is 0 Å². The fraction of sp³-hybridized carbons (Fsp3) is 0.316. The van der Waals surface area contributed by atoms with E-state index in [1.807, 2.05) is 25.1 Å². The number of aromatic nitrogens is 3. The van der Waals surface area contributed by atoms with Gasteiger partial charge in [0.25, 0.3) is 5.56 Å². The molecule has 0 bridgehead atoms. The van der Waals surface area contributed by atoms with Crippen LogP contribution in [-0.2, 0) is 24.2 Å². The Bertz CT molecular complexity index is 962. The standard InChI is InChI=1S/C19H22N4O2/c1-4-13-7-6-8-14(5-2)17(13)22-16(24)10-23-11-20-18-15(19(23)25)9-12(3)21-18/h6-9,11,21H,4-5,10H2,1-3H3,(H,22,24). The van der Waals surface area contributed by atoms with E-state index in [2.05, 4.69) is 29.1 Å². The second kappa shape index (κ2) is 6.93. The molecule has 0 spiro atoms. The number of para-hydroxylation sites is 1. The molecule has 25 heavy (non-hydrogen) atoms. The number of aromatic amines is 1. The summed E-state index contributed by atoms with van der Waals surface area (Å²) in [4.78, 5) is 32.2. The van der Waals surface area contributed by atoms with Gasteiger partial charge in [-0.1, -0.05) is 32.0 Å². The van der Waals surface area contributed by atoms with Crippen LogP contribution in [0.5, 0.6) is 0 Å². The highest BCUT2D eigenvalue weighted by Gasteiger charge is 2.13. The summed E-state index contributed by atoms with van der Waals surface area (Å²) < 4.78 is 1.34. The average Bonchev–Trinajstić information content (AvgIpc) is 2.99. The lowest BCUT2D eigenvalue weighted by molar-refractivity contribution is -0.116. The Morgan fingerprint density at radius 3 is 2.56 bits per heavy atom. The highest BCUT2D eigenvalue weighted by atomic mass is 16.2. The van der Waals surface area contributed by atoms with Crippen molar-refractivity contribution in [3.63, 3.8) is 0 Å². The largest absolute Gasteiger partial charge is 0.343 e. The molecule has 0 fully saturated rings. The van der Waals surface area contributed by atoms with Gasteiger partial charge in [0.05, 0.1) is 5.39 Å². The molecular weight excluding hydrogens is 316 g/mol. The maximum atomic E-state index is 12.5. The van der Waals surface area contributed by atoms with Crippen LogP contribution in [0.1, 0.15) is 30.7 Å². The van der Waals surface area contributed by atoms with Crippen molar-refractivity contribution < 1.29 is 4.79 Å². The maximum absolute atomic E-state index is 12.5. The van der Waals surface area contributed by atoms with Gasteiger partial charge in [0.1, 0.15) is 18.5 Å². The van der Waals surface area contributed by atoms with Crippen molar-refractivity contribution in [3.8, 4) is 0 Å². The van der Waals surface area contributed by atoms with Gasteiger partial charge in [0, 0.05) is 11.4 Å². The first-order chi connectivity index (χ1) is 12.0. The number of carbonyl (C=O) groups is 1. The molecule has 3 rings (SSSR count). The second-order valence-corrected chi connectivity index (χ2v) is 6.10. The Labute approximate surface area is 145 Å². The minimum Gasteiger partial charge on any atom is -0.343 e. The van der Waals surface area contributed by atoms with Crippen LogP contribution >= 0.6 is 0 Å². The number of anilines is 1. The Morgan fingerprint density at radius 1 is 1.24 bits per heavy atom. The number of fused-ring (bicyclic) bond motifs is 1. The van der Waals surface area contributed by atoms with Gasteiger partial charge in [-0.15, -0.1) is 0 Å². The van der Waals surface area contributed by atoms with Crippen molar-refractivity contribution >= 4 is 22.6 Å². The summed E-state index contributed by atoms with van der Waals surface area (Å²) in [6.07, 6.45) is 3.08. The molecular formula is C19H22N4O2. The highest BCUT2D eigenvalue weighted by molar-refractivity contribution is 5.92. The molecule has 0 atom stereocenters. The number of rotatable bonds is 5. The van der Waals surface area contributed by atoms with E-state index >= 15 is 0 Å². The predicted molar refractivity (Wildman–Crippen MR) is 98.9 cm³/mol. The number of hydrogen-bond acceptors (Lipinski definition) is 3. The number of amides is 1. The fourth-order valence-corrected chi connectivity index (χ4v) is 3.02. The zero-order valence-electron chi connectivity index (χ0n) is 14.7. The molecule has 0 radical (unpaired) electrons. The molecule has 3 aromatic rings. The van der Waals surface area contributed by atoms with Gasteiger partial charge in [0.2, 0.25) is 5.91 Å². The van der Waals surface area contributed by atoms with Gasteiger partial charge in [0.15, 0.2) is 0 Å². The van der Waals surface area contributed by atoms with Gasteiger partial charge in [-0.3, -0.25) is 14.2 Å². The Balaban J connectivity index is 1.87. The Kier molecular flexibility index (Phi) is 4.70. The summed E-state index contributed by atoms with van der Waals surface area (Å²) in [6.45, 7) is 5.92. The zero-order chi connectivity index (χ0) is 18.0. The topological polar surface area (TPSA) is 79.8 Å². The smallest absolute Gasteiger partial charge is 0.263 e. The maximum Gasteiger partial charge on any atom is 0.263 e. The summed E-state index contributed by atoms with van der Waals surface area (Å²) in [5.74, 6) is -0.230. The number of benzene rings is 1. The van der Waals surface area contributed by atoms with E-state index in [0.29, 0.717) is 11.0 Å². The fourth-order valence-electron chi connectivity index (χ4n) is 3.02. The zero-order valence-corrected chi connectivity index (χ0v) is 14.7. The van der Waals surface area contributed by atoms with Crippen molar-refractivity contribution in [1.82, 2.24) is 14.5 Å². The van der Waals surface area contributed by atoms with Crippen molar-refractivity contribution in [2.24, 2.45) is 0 Å². The minimum absolute atomic E-state index is 0.0623. The van der Waals surface area contributed by atoms with Crippen LogP contribution in [-0.4, -0.2) is 20.4 Å². The monoisotopic (exact) mass is 338 g/mol. The first-order valence-electron chi connectivity index (χ1n) is 8.48. The van der Waals surface area contributed by atoms with E-state index in [4.69, 9.17) is 0 Å². The average molecular weight is 338 g/mol. The first kappa shape index (κ1) is 17.0. The number of nitrogens with zero attached hydrogens (tertiary/aromatic N) is 2. The van der Waals surface area contributed by atoms with Crippen LogP contribution in [0, 0.1) is 6.92 Å². The molecule has 6 heteroatoms. The lowest BCUT2D eigenvalue weighted by atomic mass is 10.0. The third-order valence-corrected chi connectivity index (χ3v) is 4.33. The minimum atomic E-state index is -0.230. The molecule has 0 saturated heterocycles. The molecule has 0 aliphatic heterocycles. The third-order valence-electron chi connectivity index (χ3n) is 4.33. The predicted octanol–water partition coefficient (Wildman–Crippen LogP) is 2.80. The molecule has 2 N–H and O–H groups in total. The van der Waals surface area contributed by atoms with E-state index < -0.39 is 0 Å². The van der Waals surface area contributed by atoms with Crippen molar-refractivity contribution in [2.75, 3.05) is 5.32 Å². The van der Waals surface area contributed by atoms with E-state index in [9.17, 15) is 9.59 Å². The van der Waals surface area contributed by atoms with Crippen LogP contribution in [0.15, 0.2) is 35.4 Å². The number of aryl methyl sites for hydroxylation is 3. The van der Waals surface area contributed by atoms with Crippen LogP contribution in [0.3, 0.4) is 0 Å². The van der Waals surface area contributed by atoms with Gasteiger partial charge < -0.3 is 10.3 Å². The number of hydrogen-bond donors (Lipinski definition) is 2. The molecule has 0 saturated carbocycles. The first-order valence-corrected chi connectivity index (χ1v) is 8.48. The van der Waals surface area contributed by atoms with E-state index in [1.54, 1.807) is 6.07 Å². The van der Waals surface area contributed by atoms with E-state index in [-0.39, 0.29) is 18.0 Å². The lowest BCUT2D eigenvalue weighted by Gasteiger charge is -2.14. The van der Waals surface area contributed by atoms with Gasteiger partial charge in [-0.25, -0.2) is 4.98 Å². The van der Waals surface area contributed by atoms with E-state index in [1.165, 1.54) is 10.9 Å². The molecule has 1 aromatic carbocycles. The number of H-pyrrole nitrogens is 1. The summed E-state index contributed by atoms with van der Waals surface area (Å²) in [6, 6.07) is 7.78. The molecule has 6 nitrogen and oxygen atoms in total. The van der Waals surface area contributed by atoms with Gasteiger partial charge in [-0.05, 0) is 37.0 Å². The van der Waals surface area contributed by atoms with Crippen LogP contribution in [0.2, 0.25) is 0 Å². The van der Waals surface area contributed by atoms with Gasteiger partial charge >= 0.3 is 0 Å². The second-order valence-electron chi connectivity index (χ2n) is 6.10. The molecule has 2 aromatic heterocycles. The van der Waals surface area contributed by atoms with Crippen molar-refractivity contribution in [2.45, 2.75) is 40.2 Å². The van der Waals surface area contributed by atoms with Crippen LogP contribution in [0.25, 0.3) is 11.0 Å².